The first-order valence-corrected chi connectivity index (χ1v) is 8.64. The highest BCUT2D eigenvalue weighted by molar-refractivity contribution is 6.10. The summed E-state index contributed by atoms with van der Waals surface area (Å²) in [6.45, 7) is 0. The van der Waals surface area contributed by atoms with Gasteiger partial charge in [-0.2, -0.15) is 0 Å². The molecule has 0 saturated carbocycles. The molecule has 0 saturated heterocycles. The standard InChI is InChI=1S/C21H21NO5/c1-26-18-14(13-7-4-3-5-8-13)11-12-17(19(18)27-2)22-20(23)15-9-6-10-16(15)21(24)25/h3-5,7-8,11-12H,6,9-10H2,1-2H3,(H,22,23)(H,24,25). The molecule has 27 heavy (non-hydrogen) atoms. The van der Waals surface area contributed by atoms with Gasteiger partial charge in [-0.3, -0.25) is 4.79 Å². The Labute approximate surface area is 157 Å². The number of carbonyl (C=O) groups is 2. The molecule has 2 aromatic rings. The van der Waals surface area contributed by atoms with Gasteiger partial charge in [-0.15, -0.1) is 0 Å². The van der Waals surface area contributed by atoms with Gasteiger partial charge in [0.25, 0.3) is 5.91 Å². The molecule has 0 atom stereocenters. The summed E-state index contributed by atoms with van der Waals surface area (Å²) in [6.07, 6.45) is 1.53. The van der Waals surface area contributed by atoms with E-state index in [0.717, 1.165) is 11.1 Å². The lowest BCUT2D eigenvalue weighted by Crippen LogP contribution is -2.17. The average molecular weight is 367 g/mol. The third kappa shape index (κ3) is 3.65. The van der Waals surface area contributed by atoms with Crippen molar-refractivity contribution in [1.82, 2.24) is 0 Å². The number of anilines is 1. The van der Waals surface area contributed by atoms with Gasteiger partial charge >= 0.3 is 5.97 Å². The van der Waals surface area contributed by atoms with E-state index in [1.54, 1.807) is 6.07 Å². The van der Waals surface area contributed by atoms with Crippen molar-refractivity contribution in [1.29, 1.82) is 0 Å². The Hall–Kier alpha value is -3.28. The van der Waals surface area contributed by atoms with Gasteiger partial charge in [0.15, 0.2) is 11.5 Å². The van der Waals surface area contributed by atoms with Crippen LogP contribution in [0.5, 0.6) is 11.5 Å². The first-order valence-electron chi connectivity index (χ1n) is 8.64. The highest BCUT2D eigenvalue weighted by Crippen LogP contribution is 2.43. The second-order valence-electron chi connectivity index (χ2n) is 6.16. The summed E-state index contributed by atoms with van der Waals surface area (Å²) in [5.41, 5.74) is 2.72. The molecule has 0 radical (unpaired) electrons. The van der Waals surface area contributed by atoms with Crippen LogP contribution in [0.15, 0.2) is 53.6 Å². The minimum atomic E-state index is -1.04. The molecule has 0 spiro atoms. The number of hydrogen-bond donors (Lipinski definition) is 2. The molecule has 3 rings (SSSR count). The molecule has 0 aliphatic heterocycles. The molecule has 2 aromatic carbocycles. The Morgan fingerprint density at radius 1 is 0.926 bits per heavy atom. The maximum absolute atomic E-state index is 12.6. The third-order valence-corrected chi connectivity index (χ3v) is 4.60. The molecular formula is C21H21NO5. The normalized spacial score (nSPS) is 13.4. The number of carbonyl (C=O) groups excluding carboxylic acids is 1. The van der Waals surface area contributed by atoms with Crippen LogP contribution in [0, 0.1) is 0 Å². The zero-order valence-electron chi connectivity index (χ0n) is 15.2. The van der Waals surface area contributed by atoms with Crippen LogP contribution >= 0.6 is 0 Å². The van der Waals surface area contributed by atoms with Crippen molar-refractivity contribution in [2.24, 2.45) is 0 Å². The molecule has 1 amide bonds. The van der Waals surface area contributed by atoms with Crippen molar-refractivity contribution < 1.29 is 24.2 Å². The number of rotatable bonds is 6. The van der Waals surface area contributed by atoms with E-state index in [1.807, 2.05) is 36.4 Å². The van der Waals surface area contributed by atoms with Gasteiger partial charge in [0.1, 0.15) is 0 Å². The number of carboxylic acids is 1. The predicted octanol–water partition coefficient (Wildman–Crippen LogP) is 3.87. The molecule has 1 aliphatic carbocycles. The van der Waals surface area contributed by atoms with Gasteiger partial charge in [0, 0.05) is 16.7 Å². The van der Waals surface area contributed by atoms with Crippen LogP contribution in [0.3, 0.4) is 0 Å². The molecular weight excluding hydrogens is 346 g/mol. The SMILES string of the molecule is COc1c(NC(=O)C2=C(C(=O)O)CCC2)ccc(-c2ccccc2)c1OC. The fourth-order valence-corrected chi connectivity index (χ4v) is 3.34. The summed E-state index contributed by atoms with van der Waals surface area (Å²) < 4.78 is 11.0. The molecule has 0 unspecified atom stereocenters. The molecule has 0 heterocycles. The maximum Gasteiger partial charge on any atom is 0.332 e. The summed E-state index contributed by atoms with van der Waals surface area (Å²) in [6, 6.07) is 13.3. The number of methoxy groups -OCH3 is 2. The topological polar surface area (TPSA) is 84.9 Å². The first kappa shape index (κ1) is 18.5. The lowest BCUT2D eigenvalue weighted by Gasteiger charge is -2.17. The minimum absolute atomic E-state index is 0.180. The average Bonchev–Trinajstić information content (AvgIpc) is 3.18. The Morgan fingerprint density at radius 3 is 2.22 bits per heavy atom. The van der Waals surface area contributed by atoms with Crippen molar-refractivity contribution in [3.8, 4) is 22.6 Å². The number of nitrogens with one attached hydrogen (secondary N) is 1. The highest BCUT2D eigenvalue weighted by atomic mass is 16.5. The van der Waals surface area contributed by atoms with E-state index in [9.17, 15) is 14.7 Å². The molecule has 1 aliphatic rings. The highest BCUT2D eigenvalue weighted by Gasteiger charge is 2.26. The van der Waals surface area contributed by atoms with Crippen molar-refractivity contribution in [3.63, 3.8) is 0 Å². The van der Waals surface area contributed by atoms with Crippen molar-refractivity contribution >= 4 is 17.6 Å². The summed E-state index contributed by atoms with van der Waals surface area (Å²) in [4.78, 5) is 23.9. The van der Waals surface area contributed by atoms with Crippen molar-refractivity contribution in [2.45, 2.75) is 19.3 Å². The molecule has 0 fully saturated rings. The van der Waals surface area contributed by atoms with Crippen LogP contribution in [0.2, 0.25) is 0 Å². The number of amides is 1. The van der Waals surface area contributed by atoms with E-state index < -0.39 is 11.9 Å². The van der Waals surface area contributed by atoms with Crippen LogP contribution in [0.4, 0.5) is 5.69 Å². The Morgan fingerprint density at radius 2 is 1.59 bits per heavy atom. The largest absolute Gasteiger partial charge is 0.492 e. The van der Waals surface area contributed by atoms with E-state index in [1.165, 1.54) is 14.2 Å². The number of ether oxygens (including phenoxy) is 2. The van der Waals surface area contributed by atoms with E-state index in [4.69, 9.17) is 9.47 Å². The van der Waals surface area contributed by atoms with E-state index in [-0.39, 0.29) is 5.57 Å². The second-order valence-corrected chi connectivity index (χ2v) is 6.16. The van der Waals surface area contributed by atoms with Crippen molar-refractivity contribution in [3.05, 3.63) is 53.6 Å². The number of benzene rings is 2. The first-order chi connectivity index (χ1) is 13.1. The Kier molecular flexibility index (Phi) is 5.45. The summed E-state index contributed by atoms with van der Waals surface area (Å²) >= 11 is 0. The monoisotopic (exact) mass is 367 g/mol. The van der Waals surface area contributed by atoms with Gasteiger partial charge in [0.2, 0.25) is 0 Å². The smallest absolute Gasteiger partial charge is 0.332 e. The summed E-state index contributed by atoms with van der Waals surface area (Å²) in [5, 5.41) is 12.0. The fraction of sp³-hybridized carbons (Fsp3) is 0.238. The van der Waals surface area contributed by atoms with Gasteiger partial charge in [0.05, 0.1) is 19.9 Å². The molecule has 6 heteroatoms. The van der Waals surface area contributed by atoms with E-state index >= 15 is 0 Å². The van der Waals surface area contributed by atoms with Gasteiger partial charge in [-0.1, -0.05) is 30.3 Å². The van der Waals surface area contributed by atoms with E-state index in [2.05, 4.69) is 5.32 Å². The van der Waals surface area contributed by atoms with Crippen LogP contribution in [0.1, 0.15) is 19.3 Å². The third-order valence-electron chi connectivity index (χ3n) is 4.60. The second kappa shape index (κ2) is 7.95. The van der Waals surface area contributed by atoms with Gasteiger partial charge in [-0.25, -0.2) is 4.79 Å². The molecule has 0 aromatic heterocycles. The van der Waals surface area contributed by atoms with Gasteiger partial charge < -0.3 is 19.9 Å². The van der Waals surface area contributed by atoms with Crippen LogP contribution < -0.4 is 14.8 Å². The predicted molar refractivity (Wildman–Crippen MR) is 102 cm³/mol. The Bertz CT molecular complexity index is 902. The number of hydrogen-bond acceptors (Lipinski definition) is 4. The summed E-state index contributed by atoms with van der Waals surface area (Å²) in [7, 11) is 3.04. The molecule has 6 nitrogen and oxygen atoms in total. The lowest BCUT2D eigenvalue weighted by molar-refractivity contribution is -0.133. The van der Waals surface area contributed by atoms with Crippen LogP contribution in [-0.4, -0.2) is 31.2 Å². The molecule has 140 valence electrons. The summed E-state index contributed by atoms with van der Waals surface area (Å²) in [5.74, 6) is -0.567. The van der Waals surface area contributed by atoms with Gasteiger partial charge in [-0.05, 0) is 37.0 Å². The fourth-order valence-electron chi connectivity index (χ4n) is 3.34. The lowest BCUT2D eigenvalue weighted by atomic mass is 10.0. The zero-order chi connectivity index (χ0) is 19.4. The minimum Gasteiger partial charge on any atom is -0.492 e. The van der Waals surface area contributed by atoms with Crippen LogP contribution in [-0.2, 0) is 9.59 Å². The zero-order valence-corrected chi connectivity index (χ0v) is 15.2. The number of carboxylic acid groups (broad SMARTS) is 1. The number of aliphatic carboxylic acids is 1. The quantitative estimate of drug-likeness (QED) is 0.809. The van der Waals surface area contributed by atoms with Crippen molar-refractivity contribution in [2.75, 3.05) is 19.5 Å². The molecule has 2 N–H and O–H groups in total. The Balaban J connectivity index is 1.98. The van der Waals surface area contributed by atoms with E-state index in [0.29, 0.717) is 42.0 Å². The molecule has 0 bridgehead atoms. The maximum atomic E-state index is 12.6. The van der Waals surface area contributed by atoms with Crippen LogP contribution in [0.25, 0.3) is 11.1 Å².